The molecule has 0 aromatic heterocycles. The highest BCUT2D eigenvalue weighted by atomic mass is 16.4. The number of benzene rings is 1. The van der Waals surface area contributed by atoms with Gasteiger partial charge in [0.15, 0.2) is 5.78 Å². The van der Waals surface area contributed by atoms with E-state index in [4.69, 9.17) is 5.11 Å². The second kappa shape index (κ2) is 4.21. The van der Waals surface area contributed by atoms with Crippen LogP contribution in [0.4, 0.5) is 5.69 Å². The van der Waals surface area contributed by atoms with Gasteiger partial charge < -0.3 is 10.4 Å². The van der Waals surface area contributed by atoms with Crippen LogP contribution in [0, 0.1) is 0 Å². The molecule has 86 valence electrons. The Labute approximate surface area is 96.8 Å². The van der Waals surface area contributed by atoms with Gasteiger partial charge in [-0.1, -0.05) is 0 Å². The summed E-state index contributed by atoms with van der Waals surface area (Å²) in [5.41, 5.74) is 1.83. The lowest BCUT2D eigenvalue weighted by Gasteiger charge is -2.00. The highest BCUT2D eigenvalue weighted by molar-refractivity contribution is 6.08. The van der Waals surface area contributed by atoms with Crippen molar-refractivity contribution in [2.24, 2.45) is 0 Å². The Morgan fingerprint density at radius 1 is 1.29 bits per heavy atom. The van der Waals surface area contributed by atoms with E-state index < -0.39 is 11.8 Å². The molecule has 1 amide bonds. The number of carboxylic acid groups (broad SMARTS) is 1. The van der Waals surface area contributed by atoms with Gasteiger partial charge in [-0.2, -0.15) is 0 Å². The number of hydrogen-bond donors (Lipinski definition) is 2. The lowest BCUT2D eigenvalue weighted by atomic mass is 10.0. The van der Waals surface area contributed by atoms with E-state index in [1.54, 1.807) is 18.2 Å². The third kappa shape index (κ3) is 2.39. The van der Waals surface area contributed by atoms with Gasteiger partial charge in [0.1, 0.15) is 0 Å². The molecule has 2 N–H and O–H groups in total. The van der Waals surface area contributed by atoms with Gasteiger partial charge in [0.2, 0.25) is 5.91 Å². The van der Waals surface area contributed by atoms with E-state index in [2.05, 4.69) is 5.32 Å². The van der Waals surface area contributed by atoms with Crippen LogP contribution in [0.5, 0.6) is 0 Å². The van der Waals surface area contributed by atoms with Crippen LogP contribution in [0.25, 0.3) is 0 Å². The van der Waals surface area contributed by atoms with Gasteiger partial charge in [-0.15, -0.1) is 0 Å². The number of amides is 1. The molecule has 0 unspecified atom stereocenters. The number of fused-ring (bicyclic) bond motifs is 1. The van der Waals surface area contributed by atoms with Crippen LogP contribution in [-0.4, -0.2) is 22.8 Å². The Morgan fingerprint density at radius 2 is 2.06 bits per heavy atom. The SMILES string of the molecule is O=C(O)/C=C/C(=O)c1ccc2c(c1)CC(=O)N2. The first kappa shape index (κ1) is 11.1. The molecule has 0 saturated carbocycles. The third-order valence-corrected chi connectivity index (χ3v) is 2.39. The highest BCUT2D eigenvalue weighted by Crippen LogP contribution is 2.24. The van der Waals surface area contributed by atoms with E-state index in [1.165, 1.54) is 0 Å². The fourth-order valence-electron chi connectivity index (χ4n) is 1.63. The number of nitrogens with one attached hydrogen (secondary N) is 1. The van der Waals surface area contributed by atoms with Crippen LogP contribution in [-0.2, 0) is 16.0 Å². The molecule has 2 rings (SSSR count). The standard InChI is InChI=1S/C12H9NO4/c14-10(3-4-12(16)17)7-1-2-9-8(5-7)6-11(15)13-9/h1-5H,6H2,(H,13,15)(H,16,17)/b4-3+. The quantitative estimate of drug-likeness (QED) is 0.600. The van der Waals surface area contributed by atoms with E-state index in [9.17, 15) is 14.4 Å². The van der Waals surface area contributed by atoms with Gasteiger partial charge in [0, 0.05) is 17.3 Å². The first-order chi connectivity index (χ1) is 8.06. The molecule has 0 atom stereocenters. The molecule has 17 heavy (non-hydrogen) atoms. The molecule has 0 aliphatic carbocycles. The topological polar surface area (TPSA) is 83.5 Å². The predicted molar refractivity (Wildman–Crippen MR) is 59.9 cm³/mol. The number of aliphatic carboxylic acids is 1. The summed E-state index contributed by atoms with van der Waals surface area (Å²) in [5.74, 6) is -1.67. The maximum absolute atomic E-state index is 11.6. The molecular formula is C12H9NO4. The predicted octanol–water partition coefficient (Wildman–Crippen LogP) is 1.00. The average Bonchev–Trinajstić information content (AvgIpc) is 2.64. The zero-order valence-electron chi connectivity index (χ0n) is 8.77. The molecule has 5 heteroatoms. The zero-order chi connectivity index (χ0) is 12.4. The van der Waals surface area contributed by atoms with E-state index >= 15 is 0 Å². The maximum atomic E-state index is 11.6. The lowest BCUT2D eigenvalue weighted by molar-refractivity contribution is -0.131. The number of carbonyl (C=O) groups excluding carboxylic acids is 2. The molecule has 0 radical (unpaired) electrons. The summed E-state index contributed by atoms with van der Waals surface area (Å²) in [7, 11) is 0. The second-order valence-corrected chi connectivity index (χ2v) is 3.63. The summed E-state index contributed by atoms with van der Waals surface area (Å²) in [4.78, 5) is 33.0. The minimum absolute atomic E-state index is 0.106. The Morgan fingerprint density at radius 3 is 2.76 bits per heavy atom. The fraction of sp³-hybridized carbons (Fsp3) is 0.0833. The average molecular weight is 231 g/mol. The number of carbonyl (C=O) groups is 3. The van der Waals surface area contributed by atoms with Crippen molar-refractivity contribution in [3.8, 4) is 0 Å². The Kier molecular flexibility index (Phi) is 2.74. The Hall–Kier alpha value is -2.43. The summed E-state index contributed by atoms with van der Waals surface area (Å²) in [6, 6.07) is 4.79. The van der Waals surface area contributed by atoms with Crippen LogP contribution in [0.15, 0.2) is 30.4 Å². The highest BCUT2D eigenvalue weighted by Gasteiger charge is 2.18. The van der Waals surface area contributed by atoms with Crippen molar-refractivity contribution >= 4 is 23.3 Å². The largest absolute Gasteiger partial charge is 0.478 e. The number of allylic oxidation sites excluding steroid dienone is 1. The van der Waals surface area contributed by atoms with Gasteiger partial charge in [0.25, 0.3) is 0 Å². The summed E-state index contributed by atoms with van der Waals surface area (Å²) >= 11 is 0. The van der Waals surface area contributed by atoms with Crippen molar-refractivity contribution in [2.75, 3.05) is 5.32 Å². The molecule has 1 aromatic carbocycles. The van der Waals surface area contributed by atoms with Gasteiger partial charge in [-0.05, 0) is 29.8 Å². The molecule has 0 bridgehead atoms. The summed E-state index contributed by atoms with van der Waals surface area (Å²) in [6.07, 6.45) is 2.03. The Bertz CT molecular complexity index is 545. The van der Waals surface area contributed by atoms with Crippen LogP contribution in [0.2, 0.25) is 0 Å². The summed E-state index contributed by atoms with van der Waals surface area (Å²) < 4.78 is 0. The number of rotatable bonds is 3. The van der Waals surface area contributed by atoms with Crippen LogP contribution >= 0.6 is 0 Å². The van der Waals surface area contributed by atoms with E-state index in [-0.39, 0.29) is 12.3 Å². The van der Waals surface area contributed by atoms with E-state index in [0.717, 1.165) is 17.7 Å². The van der Waals surface area contributed by atoms with Gasteiger partial charge in [0.05, 0.1) is 6.42 Å². The minimum atomic E-state index is -1.17. The normalized spacial score (nSPS) is 13.5. The van der Waals surface area contributed by atoms with Crippen LogP contribution < -0.4 is 5.32 Å². The molecule has 5 nitrogen and oxygen atoms in total. The fourth-order valence-corrected chi connectivity index (χ4v) is 1.63. The Balaban J connectivity index is 2.24. The van der Waals surface area contributed by atoms with Crippen molar-refractivity contribution in [1.82, 2.24) is 0 Å². The van der Waals surface area contributed by atoms with Crippen molar-refractivity contribution < 1.29 is 19.5 Å². The molecule has 1 aliphatic heterocycles. The van der Waals surface area contributed by atoms with Gasteiger partial charge in [-0.25, -0.2) is 4.79 Å². The van der Waals surface area contributed by atoms with Crippen molar-refractivity contribution in [3.63, 3.8) is 0 Å². The summed E-state index contributed by atoms with van der Waals surface area (Å²) in [5, 5.41) is 11.1. The molecule has 1 aromatic rings. The first-order valence-electron chi connectivity index (χ1n) is 4.94. The maximum Gasteiger partial charge on any atom is 0.328 e. The molecule has 1 heterocycles. The zero-order valence-corrected chi connectivity index (χ0v) is 8.77. The molecule has 1 aliphatic rings. The van der Waals surface area contributed by atoms with Gasteiger partial charge >= 0.3 is 5.97 Å². The third-order valence-electron chi connectivity index (χ3n) is 2.39. The smallest absolute Gasteiger partial charge is 0.328 e. The minimum Gasteiger partial charge on any atom is -0.478 e. The summed E-state index contributed by atoms with van der Waals surface area (Å²) in [6.45, 7) is 0. The number of hydrogen-bond acceptors (Lipinski definition) is 3. The number of ketones is 1. The first-order valence-corrected chi connectivity index (χ1v) is 4.94. The second-order valence-electron chi connectivity index (χ2n) is 3.63. The van der Waals surface area contributed by atoms with Crippen LogP contribution in [0.1, 0.15) is 15.9 Å². The van der Waals surface area contributed by atoms with Crippen molar-refractivity contribution in [1.29, 1.82) is 0 Å². The van der Waals surface area contributed by atoms with E-state index in [0.29, 0.717) is 11.3 Å². The van der Waals surface area contributed by atoms with Crippen molar-refractivity contribution in [2.45, 2.75) is 6.42 Å². The molecule has 0 saturated heterocycles. The molecule has 0 fully saturated rings. The van der Waals surface area contributed by atoms with Gasteiger partial charge in [-0.3, -0.25) is 9.59 Å². The molecule has 0 spiro atoms. The molecular weight excluding hydrogens is 222 g/mol. The van der Waals surface area contributed by atoms with E-state index in [1.807, 2.05) is 0 Å². The number of carboxylic acids is 1. The number of anilines is 1. The lowest BCUT2D eigenvalue weighted by Crippen LogP contribution is -2.03. The van der Waals surface area contributed by atoms with Crippen molar-refractivity contribution in [3.05, 3.63) is 41.5 Å². The monoisotopic (exact) mass is 231 g/mol. The van der Waals surface area contributed by atoms with Crippen LogP contribution in [0.3, 0.4) is 0 Å².